The van der Waals surface area contributed by atoms with Crippen molar-refractivity contribution in [3.63, 3.8) is 0 Å². The van der Waals surface area contributed by atoms with Crippen molar-refractivity contribution in [3.05, 3.63) is 24.2 Å². The summed E-state index contributed by atoms with van der Waals surface area (Å²) in [5, 5.41) is 2.22. The highest BCUT2D eigenvalue weighted by Crippen LogP contribution is 1.99. The highest BCUT2D eigenvalue weighted by Gasteiger charge is 2.15. The summed E-state index contributed by atoms with van der Waals surface area (Å²) in [5.41, 5.74) is 0. The first-order chi connectivity index (χ1) is 9.56. The molecule has 0 unspecified atom stereocenters. The van der Waals surface area contributed by atoms with Crippen LogP contribution in [0.15, 0.2) is 22.8 Å². The van der Waals surface area contributed by atoms with E-state index in [9.17, 15) is 14.4 Å². The van der Waals surface area contributed by atoms with Crippen LogP contribution >= 0.6 is 0 Å². The van der Waals surface area contributed by atoms with Crippen LogP contribution in [0.1, 0.15) is 23.9 Å². The lowest BCUT2D eigenvalue weighted by Crippen LogP contribution is -2.40. The third-order valence-electron chi connectivity index (χ3n) is 2.67. The van der Waals surface area contributed by atoms with E-state index in [0.29, 0.717) is 13.1 Å². The molecule has 110 valence electrons. The van der Waals surface area contributed by atoms with Gasteiger partial charge in [-0.3, -0.25) is 24.6 Å². The largest absolute Gasteiger partial charge is 0.469 e. The summed E-state index contributed by atoms with van der Waals surface area (Å²) in [6.45, 7) is 2.86. The number of esters is 1. The van der Waals surface area contributed by atoms with Gasteiger partial charge in [0, 0.05) is 6.54 Å². The Hall–Kier alpha value is -2.15. The number of imide groups is 1. The Kier molecular flexibility index (Phi) is 6.45. The van der Waals surface area contributed by atoms with Crippen LogP contribution in [0.3, 0.4) is 0 Å². The maximum Gasteiger partial charge on any atom is 0.306 e. The Balaban J connectivity index is 2.39. The van der Waals surface area contributed by atoms with Crippen LogP contribution in [0.4, 0.5) is 0 Å². The predicted octanol–water partition coefficient (Wildman–Crippen LogP) is 0.421. The minimum Gasteiger partial charge on any atom is -0.469 e. The second kappa shape index (κ2) is 8.11. The molecule has 1 aromatic heterocycles. The fraction of sp³-hybridized carbons (Fsp3) is 0.462. The van der Waals surface area contributed by atoms with E-state index in [1.165, 1.54) is 19.4 Å². The van der Waals surface area contributed by atoms with Gasteiger partial charge >= 0.3 is 5.97 Å². The molecule has 1 heterocycles. The van der Waals surface area contributed by atoms with Crippen LogP contribution < -0.4 is 5.32 Å². The Morgan fingerprint density at radius 3 is 2.70 bits per heavy atom. The molecule has 1 N–H and O–H groups in total. The third kappa shape index (κ3) is 5.23. The van der Waals surface area contributed by atoms with Gasteiger partial charge in [0.15, 0.2) is 5.76 Å². The number of ether oxygens (including phenoxy) is 1. The van der Waals surface area contributed by atoms with E-state index in [-0.39, 0.29) is 24.7 Å². The summed E-state index contributed by atoms with van der Waals surface area (Å²) in [6.07, 6.45) is 1.55. The van der Waals surface area contributed by atoms with Gasteiger partial charge in [-0.2, -0.15) is 0 Å². The van der Waals surface area contributed by atoms with Crippen molar-refractivity contribution in [1.82, 2.24) is 10.2 Å². The number of furan rings is 1. The average Bonchev–Trinajstić information content (AvgIpc) is 2.97. The van der Waals surface area contributed by atoms with Gasteiger partial charge in [0.05, 0.1) is 26.3 Å². The van der Waals surface area contributed by atoms with E-state index in [1.807, 2.05) is 6.92 Å². The van der Waals surface area contributed by atoms with Crippen molar-refractivity contribution < 1.29 is 23.5 Å². The number of amides is 2. The number of methoxy groups -OCH3 is 1. The smallest absolute Gasteiger partial charge is 0.306 e. The first-order valence-corrected chi connectivity index (χ1v) is 6.23. The Bertz CT molecular complexity index is 455. The first-order valence-electron chi connectivity index (χ1n) is 6.23. The summed E-state index contributed by atoms with van der Waals surface area (Å²) in [4.78, 5) is 36.1. The maximum absolute atomic E-state index is 11.7. The minimum absolute atomic E-state index is 0.0277. The fourth-order valence-corrected chi connectivity index (χ4v) is 1.54. The van der Waals surface area contributed by atoms with Crippen molar-refractivity contribution in [3.8, 4) is 0 Å². The highest BCUT2D eigenvalue weighted by atomic mass is 16.5. The van der Waals surface area contributed by atoms with Crippen LogP contribution in [0, 0.1) is 0 Å². The molecule has 1 aromatic rings. The number of carbonyl (C=O) groups excluding carboxylic acids is 3. The van der Waals surface area contributed by atoms with Crippen molar-refractivity contribution in [2.75, 3.05) is 26.7 Å². The number of nitrogens with one attached hydrogen (secondary N) is 1. The van der Waals surface area contributed by atoms with Crippen LogP contribution in [0.25, 0.3) is 0 Å². The fourth-order valence-electron chi connectivity index (χ4n) is 1.54. The van der Waals surface area contributed by atoms with E-state index >= 15 is 0 Å². The predicted molar refractivity (Wildman–Crippen MR) is 69.9 cm³/mol. The lowest BCUT2D eigenvalue weighted by atomic mass is 10.3. The van der Waals surface area contributed by atoms with E-state index in [4.69, 9.17) is 4.42 Å². The molecule has 0 bridgehead atoms. The molecule has 7 heteroatoms. The Labute approximate surface area is 116 Å². The molecule has 0 fully saturated rings. The lowest BCUT2D eigenvalue weighted by molar-refractivity contribution is -0.141. The van der Waals surface area contributed by atoms with Crippen molar-refractivity contribution in [1.29, 1.82) is 0 Å². The van der Waals surface area contributed by atoms with Gasteiger partial charge in [-0.1, -0.05) is 6.92 Å². The molecule has 20 heavy (non-hydrogen) atoms. The average molecular weight is 282 g/mol. The van der Waals surface area contributed by atoms with Crippen LogP contribution in [0.5, 0.6) is 0 Å². The van der Waals surface area contributed by atoms with E-state index < -0.39 is 11.8 Å². The molecule has 0 radical (unpaired) electrons. The van der Waals surface area contributed by atoms with Gasteiger partial charge in [-0.25, -0.2) is 0 Å². The number of likely N-dealkylation sites (N-methyl/N-ethyl adjacent to an activating group) is 1. The monoisotopic (exact) mass is 282 g/mol. The number of rotatable bonds is 7. The van der Waals surface area contributed by atoms with Gasteiger partial charge < -0.3 is 9.15 Å². The minimum atomic E-state index is -0.580. The zero-order valence-corrected chi connectivity index (χ0v) is 11.5. The zero-order valence-electron chi connectivity index (χ0n) is 11.5. The first kappa shape index (κ1) is 15.9. The number of carbonyl (C=O) groups is 3. The molecule has 2 amide bonds. The molecule has 0 saturated heterocycles. The van der Waals surface area contributed by atoms with Gasteiger partial charge in [0.25, 0.3) is 5.91 Å². The Morgan fingerprint density at radius 2 is 2.15 bits per heavy atom. The molecule has 1 rings (SSSR count). The quantitative estimate of drug-likeness (QED) is 0.729. The highest BCUT2D eigenvalue weighted by molar-refractivity contribution is 6.03. The number of hydrogen-bond acceptors (Lipinski definition) is 6. The molecule has 0 atom stereocenters. The molecule has 7 nitrogen and oxygen atoms in total. The molecule has 0 aliphatic rings. The summed E-state index contributed by atoms with van der Waals surface area (Å²) in [6, 6.07) is 3.03. The molecular weight excluding hydrogens is 264 g/mol. The summed E-state index contributed by atoms with van der Waals surface area (Å²) >= 11 is 0. The molecule has 0 spiro atoms. The van der Waals surface area contributed by atoms with E-state index in [0.717, 1.165) is 0 Å². The van der Waals surface area contributed by atoms with Gasteiger partial charge in [0.1, 0.15) is 0 Å². The SMILES string of the molecule is CCN(CCC(=O)OC)CC(=O)NC(=O)c1ccco1. The topological polar surface area (TPSA) is 88.9 Å². The molecule has 0 aliphatic heterocycles. The van der Waals surface area contributed by atoms with Crippen molar-refractivity contribution >= 4 is 17.8 Å². The van der Waals surface area contributed by atoms with E-state index in [2.05, 4.69) is 10.1 Å². The van der Waals surface area contributed by atoms with Crippen LogP contribution in [-0.4, -0.2) is 49.4 Å². The van der Waals surface area contributed by atoms with Crippen molar-refractivity contribution in [2.24, 2.45) is 0 Å². The molecule has 0 aliphatic carbocycles. The Morgan fingerprint density at radius 1 is 1.40 bits per heavy atom. The lowest BCUT2D eigenvalue weighted by Gasteiger charge is -2.18. The van der Waals surface area contributed by atoms with Crippen LogP contribution in [0.2, 0.25) is 0 Å². The normalized spacial score (nSPS) is 10.3. The summed E-state index contributed by atoms with van der Waals surface area (Å²) < 4.78 is 9.41. The summed E-state index contributed by atoms with van der Waals surface area (Å²) in [7, 11) is 1.31. The molecule has 0 aromatic carbocycles. The van der Waals surface area contributed by atoms with Gasteiger partial charge in [0.2, 0.25) is 5.91 Å². The van der Waals surface area contributed by atoms with Gasteiger partial charge in [-0.05, 0) is 18.7 Å². The second-order valence-corrected chi connectivity index (χ2v) is 4.05. The number of nitrogens with zero attached hydrogens (tertiary/aromatic N) is 1. The second-order valence-electron chi connectivity index (χ2n) is 4.05. The summed E-state index contributed by atoms with van der Waals surface area (Å²) in [5.74, 6) is -1.28. The third-order valence-corrected chi connectivity index (χ3v) is 2.67. The van der Waals surface area contributed by atoms with Crippen molar-refractivity contribution in [2.45, 2.75) is 13.3 Å². The zero-order chi connectivity index (χ0) is 15.0. The van der Waals surface area contributed by atoms with E-state index in [1.54, 1.807) is 11.0 Å². The number of hydrogen-bond donors (Lipinski definition) is 1. The van der Waals surface area contributed by atoms with Gasteiger partial charge in [-0.15, -0.1) is 0 Å². The molecule has 0 saturated carbocycles. The standard InChI is InChI=1S/C13H18N2O5/c1-3-15(7-6-12(17)19-2)9-11(16)14-13(18)10-5-4-8-20-10/h4-5,8H,3,6-7,9H2,1-2H3,(H,14,16,18). The molecular formula is C13H18N2O5. The van der Waals surface area contributed by atoms with Crippen LogP contribution in [-0.2, 0) is 14.3 Å². The maximum atomic E-state index is 11.7.